The second-order valence-electron chi connectivity index (χ2n) is 10.7. The van der Waals surface area contributed by atoms with Crippen molar-refractivity contribution in [2.24, 2.45) is 0 Å². The highest BCUT2D eigenvalue weighted by molar-refractivity contribution is 7.16. The van der Waals surface area contributed by atoms with Gasteiger partial charge in [-0.2, -0.15) is 25.6 Å². The molecule has 0 saturated carbocycles. The van der Waals surface area contributed by atoms with Crippen molar-refractivity contribution in [3.63, 3.8) is 0 Å². The molecule has 3 aliphatic heterocycles. The standard InChI is InChI=1S/C25H27N11OS/c1-13-29-19(34-33-13)10-37-24-31-22(35-8-14-2-3-15(9-35)30-14)17(7-27)23(32-24)36-11-25(12-36)5-4-18-20(25)16(6-26)21(28)38-18/h14-15,30H,2-5,8-12,28H2,1H3,(H,29,33,34). The van der Waals surface area contributed by atoms with Crippen molar-refractivity contribution in [3.8, 4) is 18.1 Å². The second-order valence-corrected chi connectivity index (χ2v) is 11.8. The fraction of sp³-hybridized carbons (Fsp3) is 0.520. The van der Waals surface area contributed by atoms with Crippen LogP contribution in [0.15, 0.2) is 0 Å². The van der Waals surface area contributed by atoms with E-state index in [2.05, 4.69) is 42.4 Å². The molecular formula is C25H27N11OS. The van der Waals surface area contributed by atoms with Crippen molar-refractivity contribution in [1.82, 2.24) is 30.5 Å². The molecule has 0 radical (unpaired) electrons. The van der Waals surface area contributed by atoms with E-state index in [4.69, 9.17) is 20.4 Å². The van der Waals surface area contributed by atoms with E-state index in [-0.39, 0.29) is 18.0 Å². The molecule has 3 aromatic heterocycles. The lowest BCUT2D eigenvalue weighted by atomic mass is 9.74. The van der Waals surface area contributed by atoms with Crippen LogP contribution in [0.25, 0.3) is 0 Å². The molecule has 12 nitrogen and oxygen atoms in total. The van der Waals surface area contributed by atoms with Crippen LogP contribution in [0.3, 0.4) is 0 Å². The van der Waals surface area contributed by atoms with Crippen molar-refractivity contribution in [1.29, 1.82) is 10.5 Å². The van der Waals surface area contributed by atoms with Crippen LogP contribution in [0.2, 0.25) is 0 Å². The van der Waals surface area contributed by atoms with E-state index >= 15 is 0 Å². The number of H-pyrrole nitrogens is 1. The van der Waals surface area contributed by atoms with Crippen LogP contribution in [0.4, 0.5) is 16.6 Å². The summed E-state index contributed by atoms with van der Waals surface area (Å²) in [5.41, 5.74) is 8.21. The molecule has 3 fully saturated rings. The molecular weight excluding hydrogens is 502 g/mol. The van der Waals surface area contributed by atoms with Gasteiger partial charge in [-0.05, 0) is 38.2 Å². The molecule has 2 bridgehead atoms. The molecule has 0 aromatic carbocycles. The first kappa shape index (κ1) is 23.2. The summed E-state index contributed by atoms with van der Waals surface area (Å²) in [6.07, 6.45) is 4.13. The SMILES string of the molecule is Cc1nc(COc2nc(N3CC4CCC(C3)N4)c(C#N)c(N3CC4(CCc5sc(N)c(C#N)c54)C3)n2)n[nH]1. The highest BCUT2D eigenvalue weighted by atomic mass is 32.1. The van der Waals surface area contributed by atoms with Crippen LogP contribution >= 0.6 is 11.3 Å². The minimum atomic E-state index is -0.141. The maximum Gasteiger partial charge on any atom is 0.320 e. The fourth-order valence-electron chi connectivity index (χ4n) is 6.57. The lowest BCUT2D eigenvalue weighted by molar-refractivity contribution is 0.269. The fourth-order valence-corrected chi connectivity index (χ4v) is 7.71. The molecule has 3 aromatic rings. The first-order valence-corrected chi connectivity index (χ1v) is 13.7. The van der Waals surface area contributed by atoms with Crippen LogP contribution in [-0.2, 0) is 18.4 Å². The molecule has 1 aliphatic carbocycles. The summed E-state index contributed by atoms with van der Waals surface area (Å²) in [6, 6.07) is 5.71. The van der Waals surface area contributed by atoms with Crippen molar-refractivity contribution < 1.29 is 4.74 Å². The van der Waals surface area contributed by atoms with E-state index in [0.29, 0.717) is 64.6 Å². The van der Waals surface area contributed by atoms with E-state index in [9.17, 15) is 10.5 Å². The minimum Gasteiger partial charge on any atom is -0.455 e. The molecule has 4 N–H and O–H groups in total. The number of ether oxygens (including phenoxy) is 1. The van der Waals surface area contributed by atoms with Gasteiger partial charge in [-0.25, -0.2) is 4.98 Å². The van der Waals surface area contributed by atoms with Crippen LogP contribution in [-0.4, -0.2) is 63.4 Å². The number of piperazine rings is 1. The van der Waals surface area contributed by atoms with Gasteiger partial charge in [-0.3, -0.25) is 5.10 Å². The Kier molecular flexibility index (Phi) is 5.22. The number of aromatic amines is 1. The molecule has 6 heterocycles. The number of nitrogen functional groups attached to an aromatic ring is 1. The molecule has 3 saturated heterocycles. The molecule has 13 heteroatoms. The van der Waals surface area contributed by atoms with E-state index in [1.165, 1.54) is 16.2 Å². The minimum absolute atomic E-state index is 0.120. The molecule has 2 atom stereocenters. The summed E-state index contributed by atoms with van der Waals surface area (Å²) in [7, 11) is 0. The number of nitrogens with two attached hydrogens (primary N) is 1. The summed E-state index contributed by atoms with van der Waals surface area (Å²) in [5, 5.41) is 31.3. The van der Waals surface area contributed by atoms with Gasteiger partial charge in [-0.15, -0.1) is 11.3 Å². The Morgan fingerprint density at radius 1 is 1.08 bits per heavy atom. The van der Waals surface area contributed by atoms with Crippen LogP contribution in [0.5, 0.6) is 6.01 Å². The van der Waals surface area contributed by atoms with E-state index in [1.54, 1.807) is 0 Å². The van der Waals surface area contributed by atoms with Crippen LogP contribution in [0.1, 0.15) is 52.5 Å². The first-order valence-electron chi connectivity index (χ1n) is 12.9. The van der Waals surface area contributed by atoms with E-state index in [0.717, 1.165) is 44.3 Å². The van der Waals surface area contributed by atoms with Gasteiger partial charge in [0.2, 0.25) is 0 Å². The average Bonchev–Trinajstić information content (AvgIpc) is 3.64. The van der Waals surface area contributed by atoms with Gasteiger partial charge in [0, 0.05) is 48.6 Å². The number of nitriles is 2. The van der Waals surface area contributed by atoms with Gasteiger partial charge in [0.05, 0.1) is 5.56 Å². The molecule has 2 unspecified atom stereocenters. The zero-order chi connectivity index (χ0) is 26.0. The van der Waals surface area contributed by atoms with Crippen LogP contribution < -0.4 is 25.6 Å². The van der Waals surface area contributed by atoms with Crippen molar-refractivity contribution >= 4 is 28.0 Å². The number of hydrogen-bond donors (Lipinski definition) is 3. The lowest BCUT2D eigenvalue weighted by Gasteiger charge is -2.49. The van der Waals surface area contributed by atoms with E-state index < -0.39 is 0 Å². The third-order valence-corrected chi connectivity index (χ3v) is 9.30. The summed E-state index contributed by atoms with van der Waals surface area (Å²) in [5.74, 6) is 2.40. The Morgan fingerprint density at radius 3 is 2.45 bits per heavy atom. The molecule has 0 amide bonds. The summed E-state index contributed by atoms with van der Waals surface area (Å²) >= 11 is 1.53. The Labute approximate surface area is 223 Å². The number of thiophene rings is 1. The monoisotopic (exact) mass is 529 g/mol. The van der Waals surface area contributed by atoms with Gasteiger partial charge < -0.3 is 25.6 Å². The highest BCUT2D eigenvalue weighted by Gasteiger charge is 2.52. The molecule has 1 spiro atoms. The smallest absolute Gasteiger partial charge is 0.320 e. The van der Waals surface area contributed by atoms with Gasteiger partial charge in [0.15, 0.2) is 24.1 Å². The maximum atomic E-state index is 10.3. The van der Waals surface area contributed by atoms with Gasteiger partial charge in [-0.1, -0.05) is 0 Å². The molecule has 194 valence electrons. The lowest BCUT2D eigenvalue weighted by Crippen LogP contribution is -2.59. The Balaban J connectivity index is 1.23. The number of fused-ring (bicyclic) bond motifs is 4. The normalized spacial score (nSPS) is 22.7. The Morgan fingerprint density at radius 2 is 1.79 bits per heavy atom. The number of nitrogens with one attached hydrogen (secondary N) is 2. The zero-order valence-corrected chi connectivity index (χ0v) is 21.8. The molecule has 4 aliphatic rings. The summed E-state index contributed by atoms with van der Waals surface area (Å²) in [6.45, 7) is 4.86. The quantitative estimate of drug-likeness (QED) is 0.438. The maximum absolute atomic E-state index is 10.3. The second kappa shape index (κ2) is 8.55. The third kappa shape index (κ3) is 3.57. The van der Waals surface area contributed by atoms with Gasteiger partial charge >= 0.3 is 6.01 Å². The largest absolute Gasteiger partial charge is 0.455 e. The number of rotatable bonds is 5. The van der Waals surface area contributed by atoms with Crippen molar-refractivity contribution in [2.45, 2.75) is 56.7 Å². The number of hydrogen-bond acceptors (Lipinski definition) is 12. The first-order chi connectivity index (χ1) is 18.5. The Hall–Kier alpha value is -3.94. The predicted molar refractivity (Wildman–Crippen MR) is 140 cm³/mol. The zero-order valence-electron chi connectivity index (χ0n) is 21.0. The van der Waals surface area contributed by atoms with Crippen LogP contribution in [0, 0.1) is 29.6 Å². The summed E-state index contributed by atoms with van der Waals surface area (Å²) < 4.78 is 5.97. The highest BCUT2D eigenvalue weighted by Crippen LogP contribution is 2.53. The average molecular weight is 530 g/mol. The van der Waals surface area contributed by atoms with Gasteiger partial charge in [0.1, 0.15) is 28.5 Å². The number of aromatic nitrogens is 5. The van der Waals surface area contributed by atoms with E-state index in [1.807, 2.05) is 6.92 Å². The molecule has 7 rings (SSSR count). The number of aryl methyl sites for hydroxylation is 2. The van der Waals surface area contributed by atoms with Crippen molar-refractivity contribution in [2.75, 3.05) is 41.7 Å². The number of nitrogens with zero attached hydrogens (tertiary/aromatic N) is 8. The number of anilines is 3. The Bertz CT molecular complexity index is 1500. The topological polar surface area (TPSA) is 169 Å². The van der Waals surface area contributed by atoms with Gasteiger partial charge in [0.25, 0.3) is 0 Å². The molecule has 38 heavy (non-hydrogen) atoms. The third-order valence-electron chi connectivity index (χ3n) is 8.22. The predicted octanol–water partition coefficient (Wildman–Crippen LogP) is 1.51. The summed E-state index contributed by atoms with van der Waals surface area (Å²) in [4.78, 5) is 19.3. The van der Waals surface area contributed by atoms with Crippen molar-refractivity contribution in [3.05, 3.63) is 33.2 Å².